The molecular formula is C59H38N4. The Morgan fingerprint density at radius 2 is 0.778 bits per heavy atom. The van der Waals surface area contributed by atoms with Crippen LogP contribution in [0.2, 0.25) is 0 Å². The molecular weight excluding hydrogens is 765 g/mol. The summed E-state index contributed by atoms with van der Waals surface area (Å²) in [6, 6.07) is 81.5. The monoisotopic (exact) mass is 802 g/mol. The predicted octanol–water partition coefficient (Wildman–Crippen LogP) is 15.8. The zero-order valence-electron chi connectivity index (χ0n) is 34.2. The molecule has 0 bridgehead atoms. The number of rotatable bonds is 7. The van der Waals surface area contributed by atoms with Crippen molar-refractivity contribution in [2.75, 3.05) is 4.90 Å². The van der Waals surface area contributed by atoms with Crippen LogP contribution in [0.3, 0.4) is 0 Å². The van der Waals surface area contributed by atoms with E-state index in [9.17, 15) is 0 Å². The lowest BCUT2D eigenvalue weighted by Crippen LogP contribution is -2.09. The van der Waals surface area contributed by atoms with Crippen molar-refractivity contribution in [1.82, 2.24) is 15.0 Å². The number of hydrogen-bond donors (Lipinski definition) is 0. The highest BCUT2D eigenvalue weighted by molar-refractivity contribution is 6.25. The van der Waals surface area contributed by atoms with E-state index in [4.69, 9.17) is 15.0 Å². The first-order valence-corrected chi connectivity index (χ1v) is 21.4. The molecule has 12 aromatic rings. The van der Waals surface area contributed by atoms with Gasteiger partial charge >= 0.3 is 0 Å². The molecule has 4 heteroatoms. The fraction of sp³-hybridized carbons (Fsp3) is 0. The first-order chi connectivity index (χ1) is 31.2. The van der Waals surface area contributed by atoms with Gasteiger partial charge in [0.1, 0.15) is 0 Å². The van der Waals surface area contributed by atoms with E-state index >= 15 is 0 Å². The zero-order chi connectivity index (χ0) is 41.7. The first-order valence-electron chi connectivity index (χ1n) is 21.4. The van der Waals surface area contributed by atoms with Gasteiger partial charge in [0.2, 0.25) is 0 Å². The molecule has 0 aliphatic rings. The van der Waals surface area contributed by atoms with Gasteiger partial charge in [0, 0.05) is 60.7 Å². The van der Waals surface area contributed by atoms with Crippen LogP contribution in [0.25, 0.3) is 99.2 Å². The number of para-hydroxylation sites is 2. The van der Waals surface area contributed by atoms with Gasteiger partial charge in [-0.1, -0.05) is 170 Å². The quantitative estimate of drug-likeness (QED) is 0.151. The van der Waals surface area contributed by atoms with Crippen molar-refractivity contribution in [2.24, 2.45) is 0 Å². The van der Waals surface area contributed by atoms with Gasteiger partial charge in [0.05, 0.1) is 33.6 Å². The summed E-state index contributed by atoms with van der Waals surface area (Å²) in [5, 5.41) is 7.81. The largest absolute Gasteiger partial charge is 0.311 e. The Kier molecular flexibility index (Phi) is 8.79. The van der Waals surface area contributed by atoms with Crippen molar-refractivity contribution in [2.45, 2.75) is 0 Å². The topological polar surface area (TPSA) is 41.9 Å². The second-order valence-corrected chi connectivity index (χ2v) is 16.0. The van der Waals surface area contributed by atoms with Gasteiger partial charge in [-0.05, 0) is 82.6 Å². The molecule has 0 saturated carbocycles. The Morgan fingerprint density at radius 1 is 0.302 bits per heavy atom. The lowest BCUT2D eigenvalue weighted by atomic mass is 9.91. The van der Waals surface area contributed by atoms with E-state index in [2.05, 4.69) is 229 Å². The van der Waals surface area contributed by atoms with Crippen LogP contribution < -0.4 is 4.90 Å². The van der Waals surface area contributed by atoms with Crippen LogP contribution in [0.4, 0.5) is 17.1 Å². The molecule has 0 spiro atoms. The van der Waals surface area contributed by atoms with Crippen molar-refractivity contribution >= 4 is 71.3 Å². The summed E-state index contributed by atoms with van der Waals surface area (Å²) in [6.45, 7) is 0. The third kappa shape index (κ3) is 6.44. The summed E-state index contributed by atoms with van der Waals surface area (Å²) in [6.07, 6.45) is 0. The number of hydrogen-bond acceptors (Lipinski definition) is 4. The minimum absolute atomic E-state index is 0.886. The van der Waals surface area contributed by atoms with Gasteiger partial charge in [0.15, 0.2) is 0 Å². The molecule has 4 nitrogen and oxygen atoms in total. The van der Waals surface area contributed by atoms with Crippen LogP contribution in [0.1, 0.15) is 0 Å². The Morgan fingerprint density at radius 3 is 1.44 bits per heavy atom. The Bertz CT molecular complexity index is 3650. The highest BCUT2D eigenvalue weighted by Gasteiger charge is 2.19. The van der Waals surface area contributed by atoms with Gasteiger partial charge in [-0.25, -0.2) is 15.0 Å². The lowest BCUT2D eigenvalue weighted by Gasteiger charge is -2.26. The van der Waals surface area contributed by atoms with Crippen molar-refractivity contribution < 1.29 is 0 Å². The molecule has 0 unspecified atom stereocenters. The predicted molar refractivity (Wildman–Crippen MR) is 264 cm³/mol. The first kappa shape index (κ1) is 36.4. The van der Waals surface area contributed by atoms with Crippen LogP contribution in [-0.2, 0) is 0 Å². The zero-order valence-corrected chi connectivity index (χ0v) is 34.2. The molecule has 0 amide bonds. The molecule has 294 valence electrons. The fourth-order valence-corrected chi connectivity index (χ4v) is 9.16. The van der Waals surface area contributed by atoms with Gasteiger partial charge in [-0.3, -0.25) is 0 Å². The maximum Gasteiger partial charge on any atom is 0.0972 e. The number of benzene rings is 9. The van der Waals surface area contributed by atoms with Crippen molar-refractivity contribution in [3.05, 3.63) is 231 Å². The number of pyridine rings is 3. The molecule has 0 aliphatic heterocycles. The van der Waals surface area contributed by atoms with Gasteiger partial charge in [0.25, 0.3) is 0 Å². The number of anilines is 3. The van der Waals surface area contributed by atoms with E-state index in [1.54, 1.807) is 0 Å². The van der Waals surface area contributed by atoms with Crippen LogP contribution in [0.15, 0.2) is 231 Å². The van der Waals surface area contributed by atoms with Gasteiger partial charge in [-0.2, -0.15) is 0 Å². The number of nitrogens with zero attached hydrogens (tertiary/aromatic N) is 4. The second kappa shape index (κ2) is 15.2. The number of aromatic nitrogens is 3. The normalized spacial score (nSPS) is 11.5. The average molecular weight is 803 g/mol. The molecule has 0 radical (unpaired) electrons. The fourth-order valence-electron chi connectivity index (χ4n) is 9.16. The SMILES string of the molecule is c1ccc(-c2ccc(N(c3ccccc3)c3ccc(-c4nc5ccccc5c5c4cc(-c4ccc6ccc7ccc(-c8ccccc8)nc7c6n4)c4ccccc45)cc3)cc2)cc1. The van der Waals surface area contributed by atoms with Crippen LogP contribution >= 0.6 is 0 Å². The molecule has 0 atom stereocenters. The minimum atomic E-state index is 0.886. The summed E-state index contributed by atoms with van der Waals surface area (Å²) in [4.78, 5) is 18.4. The van der Waals surface area contributed by atoms with Crippen LogP contribution in [0, 0.1) is 0 Å². The van der Waals surface area contributed by atoms with E-state index < -0.39 is 0 Å². The molecule has 0 N–H and O–H groups in total. The Hall–Kier alpha value is -8.47. The van der Waals surface area contributed by atoms with E-state index in [0.29, 0.717) is 0 Å². The minimum Gasteiger partial charge on any atom is -0.311 e. The van der Waals surface area contributed by atoms with Crippen LogP contribution in [-0.4, -0.2) is 15.0 Å². The summed E-state index contributed by atoms with van der Waals surface area (Å²) in [7, 11) is 0. The van der Waals surface area contributed by atoms with Crippen LogP contribution in [0.5, 0.6) is 0 Å². The summed E-state index contributed by atoms with van der Waals surface area (Å²) in [5.74, 6) is 0. The molecule has 3 heterocycles. The van der Waals surface area contributed by atoms with E-state index in [-0.39, 0.29) is 0 Å². The molecule has 0 fully saturated rings. The highest BCUT2D eigenvalue weighted by Crippen LogP contribution is 2.43. The van der Waals surface area contributed by atoms with Gasteiger partial charge in [-0.15, -0.1) is 0 Å². The number of fused-ring (bicyclic) bond motifs is 8. The molecule has 9 aromatic carbocycles. The third-order valence-corrected chi connectivity index (χ3v) is 12.2. The van der Waals surface area contributed by atoms with Gasteiger partial charge < -0.3 is 4.90 Å². The molecule has 0 saturated heterocycles. The second-order valence-electron chi connectivity index (χ2n) is 16.0. The summed E-state index contributed by atoms with van der Waals surface area (Å²) >= 11 is 0. The van der Waals surface area contributed by atoms with Crippen molar-refractivity contribution in [3.8, 4) is 44.9 Å². The van der Waals surface area contributed by atoms with E-state index in [0.717, 1.165) is 94.3 Å². The smallest absolute Gasteiger partial charge is 0.0972 e. The van der Waals surface area contributed by atoms with Crippen molar-refractivity contribution in [3.63, 3.8) is 0 Å². The summed E-state index contributed by atoms with van der Waals surface area (Å²) in [5.41, 5.74) is 14.3. The maximum absolute atomic E-state index is 5.45. The standard InChI is InChI=1S/C59H38N4/c1-4-14-39(15-5-1)40-26-32-46(33-27-40)63(45-18-8-3-9-19-45)47-34-28-42(29-35-47)57-52-38-51(48-20-10-11-21-49(48)56(52)50-22-12-13-23-54(50)61-57)55-37-31-44-25-24-43-30-36-53(41-16-6-2-7-17-41)60-58(43)59(44)62-55/h1-38H. The molecule has 63 heavy (non-hydrogen) atoms. The summed E-state index contributed by atoms with van der Waals surface area (Å²) < 4.78 is 0. The molecule has 12 rings (SSSR count). The average Bonchev–Trinajstić information content (AvgIpc) is 3.37. The molecule has 0 aliphatic carbocycles. The Balaban J connectivity index is 1.02. The highest BCUT2D eigenvalue weighted by atomic mass is 15.1. The lowest BCUT2D eigenvalue weighted by molar-refractivity contribution is 1.28. The van der Waals surface area contributed by atoms with E-state index in [1.807, 2.05) is 6.07 Å². The third-order valence-electron chi connectivity index (χ3n) is 12.2. The molecule has 3 aromatic heterocycles. The maximum atomic E-state index is 5.45. The van der Waals surface area contributed by atoms with E-state index in [1.165, 1.54) is 21.9 Å². The Labute approximate surface area is 365 Å². The van der Waals surface area contributed by atoms with Crippen molar-refractivity contribution in [1.29, 1.82) is 0 Å².